The monoisotopic (exact) mass is 374 g/mol. The first-order valence-corrected chi connectivity index (χ1v) is 10.8. The number of hydrogen-bond acceptors (Lipinski definition) is 5. The molecule has 1 atom stereocenters. The molecule has 1 aromatic carbocycles. The Balaban J connectivity index is 1.84. The van der Waals surface area contributed by atoms with E-state index in [2.05, 4.69) is 4.90 Å². The van der Waals surface area contributed by atoms with Crippen molar-refractivity contribution in [2.75, 3.05) is 50.9 Å². The minimum atomic E-state index is -3.83. The van der Waals surface area contributed by atoms with Crippen LogP contribution in [0.2, 0.25) is 0 Å². The van der Waals surface area contributed by atoms with Crippen molar-refractivity contribution in [2.24, 2.45) is 0 Å². The fourth-order valence-electron chi connectivity index (χ4n) is 3.13. The predicted octanol–water partition coefficient (Wildman–Crippen LogP) is 1.65. The molecular formula is C16H23FN2O3S2. The van der Waals surface area contributed by atoms with Crippen LogP contribution < -0.4 is 0 Å². The highest BCUT2D eigenvalue weighted by Crippen LogP contribution is 2.26. The van der Waals surface area contributed by atoms with E-state index in [0.717, 1.165) is 31.0 Å². The van der Waals surface area contributed by atoms with Gasteiger partial charge < -0.3 is 4.74 Å². The van der Waals surface area contributed by atoms with Crippen LogP contribution in [-0.4, -0.2) is 74.6 Å². The van der Waals surface area contributed by atoms with E-state index in [1.807, 2.05) is 0 Å². The molecule has 1 aromatic rings. The topological polar surface area (TPSA) is 49.9 Å². The van der Waals surface area contributed by atoms with Crippen LogP contribution in [0.1, 0.15) is 6.42 Å². The number of thioether (sulfide) groups is 1. The van der Waals surface area contributed by atoms with E-state index in [1.54, 1.807) is 17.8 Å². The van der Waals surface area contributed by atoms with Crippen molar-refractivity contribution in [1.29, 1.82) is 0 Å². The fourth-order valence-corrected chi connectivity index (χ4v) is 6.00. The van der Waals surface area contributed by atoms with Gasteiger partial charge in [0.05, 0.1) is 13.2 Å². The predicted molar refractivity (Wildman–Crippen MR) is 93.3 cm³/mol. The number of halogens is 1. The molecule has 2 fully saturated rings. The van der Waals surface area contributed by atoms with Crippen molar-refractivity contribution in [1.82, 2.24) is 9.21 Å². The Morgan fingerprint density at radius 2 is 1.96 bits per heavy atom. The van der Waals surface area contributed by atoms with Gasteiger partial charge in [-0.15, -0.1) is 0 Å². The second-order valence-corrected chi connectivity index (χ2v) is 9.05. The Bertz CT molecular complexity index is 650. The molecule has 0 spiro atoms. The number of hydrogen-bond donors (Lipinski definition) is 0. The molecule has 0 radical (unpaired) electrons. The number of morpholine rings is 1. The molecule has 0 bridgehead atoms. The number of nitrogens with zero attached hydrogens (tertiary/aromatic N) is 2. The maximum Gasteiger partial charge on any atom is 0.246 e. The Labute approximate surface area is 147 Å². The van der Waals surface area contributed by atoms with Gasteiger partial charge in [-0.05, 0) is 24.3 Å². The van der Waals surface area contributed by atoms with Crippen LogP contribution >= 0.6 is 11.8 Å². The molecule has 2 saturated heterocycles. The van der Waals surface area contributed by atoms with Crippen LogP contribution in [-0.2, 0) is 14.8 Å². The average molecular weight is 375 g/mol. The number of sulfonamides is 1. The highest BCUT2D eigenvalue weighted by atomic mass is 32.2. The van der Waals surface area contributed by atoms with Gasteiger partial charge in [0.15, 0.2) is 0 Å². The molecule has 2 aliphatic heterocycles. The van der Waals surface area contributed by atoms with Crippen LogP contribution in [0.15, 0.2) is 29.2 Å². The molecule has 2 heterocycles. The van der Waals surface area contributed by atoms with Gasteiger partial charge in [-0.25, -0.2) is 12.8 Å². The highest BCUT2D eigenvalue weighted by Gasteiger charge is 2.35. The summed E-state index contributed by atoms with van der Waals surface area (Å²) in [5, 5.41) is 0. The van der Waals surface area contributed by atoms with Crippen LogP contribution in [0.3, 0.4) is 0 Å². The van der Waals surface area contributed by atoms with Crippen LogP contribution in [0, 0.1) is 5.82 Å². The lowest BCUT2D eigenvalue weighted by Gasteiger charge is -2.35. The molecule has 0 aromatic heterocycles. The van der Waals surface area contributed by atoms with E-state index >= 15 is 0 Å². The third-order valence-electron chi connectivity index (χ3n) is 4.38. The van der Waals surface area contributed by atoms with Gasteiger partial charge >= 0.3 is 0 Å². The first kappa shape index (κ1) is 18.1. The molecule has 0 N–H and O–H groups in total. The molecule has 0 aliphatic carbocycles. The summed E-state index contributed by atoms with van der Waals surface area (Å²) >= 11 is 1.77. The van der Waals surface area contributed by atoms with Crippen LogP contribution in [0.4, 0.5) is 4.39 Å². The normalized spacial score (nSPS) is 24.6. The Morgan fingerprint density at radius 3 is 2.71 bits per heavy atom. The maximum atomic E-state index is 14.1. The highest BCUT2D eigenvalue weighted by molar-refractivity contribution is 7.99. The molecule has 8 heteroatoms. The molecule has 0 amide bonds. The summed E-state index contributed by atoms with van der Waals surface area (Å²) in [5.41, 5.74) is 0. The summed E-state index contributed by atoms with van der Waals surface area (Å²) in [4.78, 5) is 2.02. The number of benzene rings is 1. The second-order valence-electron chi connectivity index (χ2n) is 6.04. The Kier molecular flexibility index (Phi) is 6.15. The second kappa shape index (κ2) is 8.14. The molecule has 134 valence electrons. The minimum Gasteiger partial charge on any atom is -0.379 e. The van der Waals surface area contributed by atoms with Crippen LogP contribution in [0.25, 0.3) is 0 Å². The SMILES string of the molecule is O=S(=O)(c1ccccc1F)N1CCCSCC1CN1CCOCC1. The zero-order valence-corrected chi connectivity index (χ0v) is 15.2. The third kappa shape index (κ3) is 4.11. The zero-order valence-electron chi connectivity index (χ0n) is 13.6. The third-order valence-corrected chi connectivity index (χ3v) is 7.56. The van der Waals surface area contributed by atoms with E-state index in [9.17, 15) is 12.8 Å². The van der Waals surface area contributed by atoms with Gasteiger partial charge in [-0.3, -0.25) is 4.90 Å². The van der Waals surface area contributed by atoms with Gasteiger partial charge in [-0.2, -0.15) is 16.1 Å². The molecule has 24 heavy (non-hydrogen) atoms. The quantitative estimate of drug-likeness (QED) is 0.802. The maximum absolute atomic E-state index is 14.1. The van der Waals surface area contributed by atoms with Gasteiger partial charge in [0, 0.05) is 38.0 Å². The molecule has 0 saturated carbocycles. The van der Waals surface area contributed by atoms with Crippen LogP contribution in [0.5, 0.6) is 0 Å². The van der Waals surface area contributed by atoms with E-state index in [-0.39, 0.29) is 10.9 Å². The minimum absolute atomic E-state index is 0.139. The summed E-state index contributed by atoms with van der Waals surface area (Å²) in [6.07, 6.45) is 0.790. The lowest BCUT2D eigenvalue weighted by atomic mass is 10.2. The first-order valence-electron chi connectivity index (χ1n) is 8.23. The van der Waals surface area contributed by atoms with Crippen molar-refractivity contribution in [2.45, 2.75) is 17.4 Å². The summed E-state index contributed by atoms with van der Waals surface area (Å²) in [7, 11) is -3.83. The number of ether oxygens (including phenoxy) is 1. The van der Waals surface area contributed by atoms with E-state index < -0.39 is 15.8 Å². The van der Waals surface area contributed by atoms with Gasteiger partial charge in [0.1, 0.15) is 10.7 Å². The summed E-state index contributed by atoms with van der Waals surface area (Å²) in [6.45, 7) is 4.10. The summed E-state index contributed by atoms with van der Waals surface area (Å²) in [5.74, 6) is 0.994. The Hall–Kier alpha value is -0.670. The van der Waals surface area contributed by atoms with Crippen molar-refractivity contribution < 1.29 is 17.5 Å². The van der Waals surface area contributed by atoms with Crippen molar-refractivity contribution in [3.8, 4) is 0 Å². The van der Waals surface area contributed by atoms with E-state index in [1.165, 1.54) is 22.5 Å². The largest absolute Gasteiger partial charge is 0.379 e. The van der Waals surface area contributed by atoms with Gasteiger partial charge in [0.2, 0.25) is 10.0 Å². The molecule has 5 nitrogen and oxygen atoms in total. The lowest BCUT2D eigenvalue weighted by Crippen LogP contribution is -2.50. The first-order chi connectivity index (χ1) is 11.6. The number of rotatable bonds is 4. The van der Waals surface area contributed by atoms with Crippen molar-refractivity contribution in [3.05, 3.63) is 30.1 Å². The van der Waals surface area contributed by atoms with Crippen molar-refractivity contribution >= 4 is 21.8 Å². The zero-order chi connectivity index (χ0) is 17.0. The smallest absolute Gasteiger partial charge is 0.246 e. The average Bonchev–Trinajstić information content (AvgIpc) is 2.82. The van der Waals surface area contributed by atoms with Gasteiger partial charge in [-0.1, -0.05) is 12.1 Å². The van der Waals surface area contributed by atoms with E-state index in [0.29, 0.717) is 26.3 Å². The molecular weight excluding hydrogens is 351 g/mol. The molecule has 2 aliphatic rings. The molecule has 3 rings (SSSR count). The lowest BCUT2D eigenvalue weighted by molar-refractivity contribution is 0.0309. The summed E-state index contributed by atoms with van der Waals surface area (Å²) < 4.78 is 47.1. The van der Waals surface area contributed by atoms with Gasteiger partial charge in [0.25, 0.3) is 0 Å². The Morgan fingerprint density at radius 1 is 1.21 bits per heavy atom. The molecule has 1 unspecified atom stereocenters. The standard InChI is InChI=1S/C16H23FN2O3S2/c17-15-4-1-2-5-16(15)24(20,21)19-6-3-11-23-13-14(19)12-18-7-9-22-10-8-18/h1-2,4-5,14H,3,6-13H2. The van der Waals surface area contributed by atoms with Crippen molar-refractivity contribution in [3.63, 3.8) is 0 Å². The fraction of sp³-hybridized carbons (Fsp3) is 0.625. The van der Waals surface area contributed by atoms with E-state index in [4.69, 9.17) is 4.74 Å². The summed E-state index contributed by atoms with van der Waals surface area (Å²) in [6, 6.07) is 5.50.